The second-order valence-corrected chi connectivity index (χ2v) is 4.06. The number of rotatable bonds is 3. The van der Waals surface area contributed by atoms with E-state index in [1.165, 1.54) is 5.56 Å². The lowest BCUT2D eigenvalue weighted by Crippen LogP contribution is -1.93. The van der Waals surface area contributed by atoms with Gasteiger partial charge in [-0.05, 0) is 37.3 Å². The SMILES string of the molecule is Cc1ccc(O)c(CCC(C)C)c1. The minimum atomic E-state index is 0.436. The van der Waals surface area contributed by atoms with Crippen molar-refractivity contribution < 1.29 is 5.11 Å². The first-order chi connectivity index (χ1) is 6.09. The lowest BCUT2D eigenvalue weighted by molar-refractivity contribution is 0.463. The van der Waals surface area contributed by atoms with Gasteiger partial charge in [0.2, 0.25) is 0 Å². The molecule has 1 heteroatoms. The van der Waals surface area contributed by atoms with Crippen molar-refractivity contribution in [1.29, 1.82) is 0 Å². The number of aromatic hydroxyl groups is 1. The summed E-state index contributed by atoms with van der Waals surface area (Å²) in [5, 5.41) is 9.55. The van der Waals surface area contributed by atoms with E-state index in [2.05, 4.69) is 26.8 Å². The van der Waals surface area contributed by atoms with Crippen LogP contribution in [0.3, 0.4) is 0 Å². The zero-order chi connectivity index (χ0) is 9.84. The Balaban J connectivity index is 2.70. The molecule has 0 radical (unpaired) electrons. The second-order valence-electron chi connectivity index (χ2n) is 4.06. The number of aryl methyl sites for hydroxylation is 2. The van der Waals surface area contributed by atoms with Crippen molar-refractivity contribution in [3.63, 3.8) is 0 Å². The highest BCUT2D eigenvalue weighted by atomic mass is 16.3. The van der Waals surface area contributed by atoms with Crippen LogP contribution < -0.4 is 0 Å². The van der Waals surface area contributed by atoms with Crippen LogP contribution in [0.5, 0.6) is 5.75 Å². The van der Waals surface area contributed by atoms with Gasteiger partial charge in [-0.15, -0.1) is 0 Å². The van der Waals surface area contributed by atoms with Crippen molar-refractivity contribution in [3.8, 4) is 5.75 Å². The maximum Gasteiger partial charge on any atom is 0.118 e. The molecular weight excluding hydrogens is 160 g/mol. The topological polar surface area (TPSA) is 20.2 Å². The van der Waals surface area contributed by atoms with Gasteiger partial charge in [-0.2, -0.15) is 0 Å². The summed E-state index contributed by atoms with van der Waals surface area (Å²) < 4.78 is 0. The summed E-state index contributed by atoms with van der Waals surface area (Å²) in [6.45, 7) is 6.46. The van der Waals surface area contributed by atoms with Crippen molar-refractivity contribution in [3.05, 3.63) is 29.3 Å². The standard InChI is InChI=1S/C12H18O/c1-9(2)4-6-11-8-10(3)5-7-12(11)13/h5,7-9,13H,4,6H2,1-3H3. The largest absolute Gasteiger partial charge is 0.508 e. The van der Waals surface area contributed by atoms with E-state index in [1.54, 1.807) is 6.07 Å². The molecule has 1 nitrogen and oxygen atoms in total. The van der Waals surface area contributed by atoms with Crippen LogP contribution in [0.4, 0.5) is 0 Å². The molecule has 1 aromatic carbocycles. The highest BCUT2D eigenvalue weighted by molar-refractivity contribution is 5.35. The van der Waals surface area contributed by atoms with Gasteiger partial charge in [-0.3, -0.25) is 0 Å². The Labute approximate surface area is 80.4 Å². The maximum atomic E-state index is 9.55. The summed E-state index contributed by atoms with van der Waals surface area (Å²) in [6.07, 6.45) is 2.11. The van der Waals surface area contributed by atoms with E-state index in [9.17, 15) is 5.11 Å². The Hall–Kier alpha value is -0.980. The minimum Gasteiger partial charge on any atom is -0.508 e. The van der Waals surface area contributed by atoms with E-state index in [1.807, 2.05) is 6.07 Å². The number of phenolic OH excluding ortho intramolecular Hbond substituents is 1. The molecule has 0 amide bonds. The summed E-state index contributed by atoms with van der Waals surface area (Å²) in [6, 6.07) is 5.79. The minimum absolute atomic E-state index is 0.436. The summed E-state index contributed by atoms with van der Waals surface area (Å²) in [5.74, 6) is 1.13. The molecular formula is C12H18O. The molecule has 0 aliphatic rings. The molecule has 0 aliphatic heterocycles. The summed E-state index contributed by atoms with van der Waals surface area (Å²) in [5.41, 5.74) is 2.30. The molecule has 0 aromatic heterocycles. The Kier molecular flexibility index (Phi) is 3.35. The molecule has 0 bridgehead atoms. The fraction of sp³-hybridized carbons (Fsp3) is 0.500. The quantitative estimate of drug-likeness (QED) is 0.753. The third-order valence-corrected chi connectivity index (χ3v) is 2.23. The molecule has 0 atom stereocenters. The van der Waals surface area contributed by atoms with Gasteiger partial charge in [0.25, 0.3) is 0 Å². The molecule has 0 spiro atoms. The molecule has 13 heavy (non-hydrogen) atoms. The summed E-state index contributed by atoms with van der Waals surface area (Å²) in [7, 11) is 0. The Morgan fingerprint density at radius 3 is 2.62 bits per heavy atom. The third-order valence-electron chi connectivity index (χ3n) is 2.23. The Morgan fingerprint density at radius 2 is 2.00 bits per heavy atom. The first-order valence-corrected chi connectivity index (χ1v) is 4.88. The predicted molar refractivity (Wildman–Crippen MR) is 56.0 cm³/mol. The van der Waals surface area contributed by atoms with E-state index >= 15 is 0 Å². The summed E-state index contributed by atoms with van der Waals surface area (Å²) >= 11 is 0. The summed E-state index contributed by atoms with van der Waals surface area (Å²) in [4.78, 5) is 0. The normalized spacial score (nSPS) is 10.8. The van der Waals surface area contributed by atoms with Crippen molar-refractivity contribution in [1.82, 2.24) is 0 Å². The van der Waals surface area contributed by atoms with Crippen molar-refractivity contribution in [2.75, 3.05) is 0 Å². The predicted octanol–water partition coefficient (Wildman–Crippen LogP) is 3.29. The highest BCUT2D eigenvalue weighted by Crippen LogP contribution is 2.20. The first-order valence-electron chi connectivity index (χ1n) is 4.88. The van der Waals surface area contributed by atoms with E-state index in [0.29, 0.717) is 11.7 Å². The molecule has 0 aliphatic carbocycles. The number of phenols is 1. The molecule has 1 aromatic rings. The van der Waals surface area contributed by atoms with Gasteiger partial charge >= 0.3 is 0 Å². The van der Waals surface area contributed by atoms with Gasteiger partial charge < -0.3 is 5.11 Å². The fourth-order valence-corrected chi connectivity index (χ4v) is 1.36. The number of benzene rings is 1. The van der Waals surface area contributed by atoms with Crippen LogP contribution in [0.2, 0.25) is 0 Å². The second kappa shape index (κ2) is 4.31. The van der Waals surface area contributed by atoms with Gasteiger partial charge in [0.05, 0.1) is 0 Å². The van der Waals surface area contributed by atoms with Gasteiger partial charge in [-0.25, -0.2) is 0 Å². The molecule has 0 fully saturated rings. The van der Waals surface area contributed by atoms with Crippen LogP contribution in [0.15, 0.2) is 18.2 Å². The maximum absolute atomic E-state index is 9.55. The van der Waals surface area contributed by atoms with Crippen LogP contribution in [-0.4, -0.2) is 5.11 Å². The number of hydrogen-bond donors (Lipinski definition) is 1. The van der Waals surface area contributed by atoms with Gasteiger partial charge in [0.15, 0.2) is 0 Å². The molecule has 0 saturated carbocycles. The van der Waals surface area contributed by atoms with Crippen LogP contribution in [-0.2, 0) is 6.42 Å². The monoisotopic (exact) mass is 178 g/mol. The molecule has 1 rings (SSSR count). The fourth-order valence-electron chi connectivity index (χ4n) is 1.36. The zero-order valence-corrected chi connectivity index (χ0v) is 8.67. The Bertz CT molecular complexity index is 276. The van der Waals surface area contributed by atoms with E-state index in [0.717, 1.165) is 18.4 Å². The van der Waals surface area contributed by atoms with Crippen molar-refractivity contribution >= 4 is 0 Å². The average Bonchev–Trinajstić information content (AvgIpc) is 2.06. The molecule has 0 heterocycles. The van der Waals surface area contributed by atoms with Crippen LogP contribution in [0.25, 0.3) is 0 Å². The average molecular weight is 178 g/mol. The van der Waals surface area contributed by atoms with Crippen molar-refractivity contribution in [2.24, 2.45) is 5.92 Å². The van der Waals surface area contributed by atoms with Gasteiger partial charge in [0, 0.05) is 0 Å². The zero-order valence-electron chi connectivity index (χ0n) is 8.67. The lowest BCUT2D eigenvalue weighted by atomic mass is 10.0. The van der Waals surface area contributed by atoms with Crippen molar-refractivity contribution in [2.45, 2.75) is 33.6 Å². The molecule has 1 N–H and O–H groups in total. The van der Waals surface area contributed by atoms with E-state index in [4.69, 9.17) is 0 Å². The van der Waals surface area contributed by atoms with Crippen LogP contribution >= 0.6 is 0 Å². The van der Waals surface area contributed by atoms with Crippen LogP contribution in [0, 0.1) is 12.8 Å². The first kappa shape index (κ1) is 10.1. The third kappa shape index (κ3) is 3.10. The number of hydrogen-bond acceptors (Lipinski definition) is 1. The molecule has 0 saturated heterocycles. The lowest BCUT2D eigenvalue weighted by Gasteiger charge is -2.07. The highest BCUT2D eigenvalue weighted by Gasteiger charge is 2.02. The van der Waals surface area contributed by atoms with Gasteiger partial charge in [0.1, 0.15) is 5.75 Å². The van der Waals surface area contributed by atoms with E-state index in [-0.39, 0.29) is 0 Å². The van der Waals surface area contributed by atoms with Crippen LogP contribution in [0.1, 0.15) is 31.4 Å². The van der Waals surface area contributed by atoms with E-state index < -0.39 is 0 Å². The Morgan fingerprint density at radius 1 is 1.31 bits per heavy atom. The molecule has 72 valence electrons. The smallest absolute Gasteiger partial charge is 0.118 e. The van der Waals surface area contributed by atoms with Gasteiger partial charge in [-0.1, -0.05) is 31.5 Å². The molecule has 0 unspecified atom stereocenters.